The summed E-state index contributed by atoms with van der Waals surface area (Å²) in [7, 11) is 2.02. The van der Waals surface area contributed by atoms with Crippen LogP contribution in [0.2, 0.25) is 0 Å². The third kappa shape index (κ3) is 2.69. The molecule has 1 saturated heterocycles. The second kappa shape index (κ2) is 3.76. The molecule has 0 radical (unpaired) electrons. The van der Waals surface area contributed by atoms with E-state index in [0.29, 0.717) is 6.42 Å². The van der Waals surface area contributed by atoms with Gasteiger partial charge in [-0.3, -0.25) is 9.69 Å². The number of hydrogen-bond acceptors (Lipinski definition) is 4. The lowest BCUT2D eigenvalue weighted by atomic mass is 9.82. The zero-order valence-electron chi connectivity index (χ0n) is 10.3. The molecule has 2 atom stereocenters. The van der Waals surface area contributed by atoms with E-state index in [0.717, 1.165) is 6.42 Å². The van der Waals surface area contributed by atoms with E-state index in [1.54, 1.807) is 0 Å². The van der Waals surface area contributed by atoms with Crippen LogP contribution in [0, 0.1) is 0 Å². The maximum Gasteiger partial charge on any atom is 0.302 e. The Hall–Kier alpha value is -0.610. The van der Waals surface area contributed by atoms with Gasteiger partial charge in [-0.1, -0.05) is 0 Å². The Balaban J connectivity index is 2.79. The third-order valence-corrected chi connectivity index (χ3v) is 3.37. The fraction of sp³-hybridized carbons (Fsp3) is 0.909. The summed E-state index contributed by atoms with van der Waals surface area (Å²) in [5, 5.41) is 0. The van der Waals surface area contributed by atoms with Crippen molar-refractivity contribution in [2.24, 2.45) is 5.73 Å². The average Bonchev–Trinajstić information content (AvgIpc) is 1.97. The van der Waals surface area contributed by atoms with Gasteiger partial charge < -0.3 is 10.5 Å². The van der Waals surface area contributed by atoms with E-state index in [4.69, 9.17) is 10.5 Å². The van der Waals surface area contributed by atoms with E-state index >= 15 is 0 Å². The number of esters is 1. The predicted molar refractivity (Wildman–Crippen MR) is 59.2 cm³/mol. The molecule has 0 spiro atoms. The van der Waals surface area contributed by atoms with E-state index in [1.807, 2.05) is 14.0 Å². The molecule has 2 N–H and O–H groups in total. The van der Waals surface area contributed by atoms with Crippen molar-refractivity contribution in [1.29, 1.82) is 0 Å². The Bertz CT molecular complexity index is 243. The number of likely N-dealkylation sites (tertiary alicyclic amines) is 1. The molecule has 0 aromatic rings. The number of piperidine rings is 1. The summed E-state index contributed by atoms with van der Waals surface area (Å²) in [6, 6.07) is 0. The van der Waals surface area contributed by atoms with Crippen molar-refractivity contribution in [1.82, 2.24) is 4.90 Å². The Labute approximate surface area is 91.8 Å². The van der Waals surface area contributed by atoms with Gasteiger partial charge in [0.05, 0.1) is 5.66 Å². The molecule has 0 amide bonds. The van der Waals surface area contributed by atoms with Gasteiger partial charge in [0.15, 0.2) is 0 Å². The van der Waals surface area contributed by atoms with Gasteiger partial charge in [-0.2, -0.15) is 0 Å². The van der Waals surface area contributed by atoms with Gasteiger partial charge in [-0.05, 0) is 27.8 Å². The topological polar surface area (TPSA) is 55.6 Å². The first-order valence-corrected chi connectivity index (χ1v) is 5.35. The lowest BCUT2D eigenvalue weighted by molar-refractivity contribution is -0.156. The molecule has 15 heavy (non-hydrogen) atoms. The van der Waals surface area contributed by atoms with Crippen molar-refractivity contribution in [2.45, 2.75) is 57.8 Å². The smallest absolute Gasteiger partial charge is 0.302 e. The third-order valence-electron chi connectivity index (χ3n) is 3.37. The van der Waals surface area contributed by atoms with Gasteiger partial charge in [0, 0.05) is 25.3 Å². The van der Waals surface area contributed by atoms with Crippen LogP contribution >= 0.6 is 0 Å². The lowest BCUT2D eigenvalue weighted by Gasteiger charge is -2.52. The molecule has 0 saturated carbocycles. The molecule has 0 aliphatic carbocycles. The number of carbonyl (C=O) groups is 1. The van der Waals surface area contributed by atoms with Crippen molar-refractivity contribution in [3.8, 4) is 0 Å². The molecule has 1 rings (SSSR count). The first-order valence-electron chi connectivity index (χ1n) is 5.35. The van der Waals surface area contributed by atoms with E-state index in [9.17, 15) is 4.79 Å². The van der Waals surface area contributed by atoms with Crippen LogP contribution < -0.4 is 5.73 Å². The highest BCUT2D eigenvalue weighted by atomic mass is 16.5. The molecule has 1 aliphatic rings. The largest absolute Gasteiger partial charge is 0.462 e. The SMILES string of the molecule is CC(=O)OC1CC(C)(C)N(C)C(C)(N)C1. The van der Waals surface area contributed by atoms with Gasteiger partial charge in [0.25, 0.3) is 0 Å². The Kier molecular flexibility index (Phi) is 3.12. The van der Waals surface area contributed by atoms with Crippen LogP contribution in [0.25, 0.3) is 0 Å². The molecule has 0 bridgehead atoms. The van der Waals surface area contributed by atoms with Crippen LogP contribution in [0.1, 0.15) is 40.5 Å². The molecule has 88 valence electrons. The summed E-state index contributed by atoms with van der Waals surface area (Å²) in [6.07, 6.45) is 1.45. The predicted octanol–water partition coefficient (Wildman–Crippen LogP) is 1.10. The fourth-order valence-corrected chi connectivity index (χ4v) is 2.37. The first kappa shape index (κ1) is 12.5. The average molecular weight is 214 g/mol. The Morgan fingerprint density at radius 3 is 2.33 bits per heavy atom. The number of rotatable bonds is 1. The zero-order chi connectivity index (χ0) is 11.9. The van der Waals surface area contributed by atoms with Crippen molar-refractivity contribution in [3.63, 3.8) is 0 Å². The molecule has 4 nitrogen and oxygen atoms in total. The minimum atomic E-state index is -0.415. The summed E-state index contributed by atoms with van der Waals surface area (Å²) in [4.78, 5) is 13.1. The fourth-order valence-electron chi connectivity index (χ4n) is 2.37. The van der Waals surface area contributed by atoms with E-state index in [-0.39, 0.29) is 17.6 Å². The highest BCUT2D eigenvalue weighted by Crippen LogP contribution is 2.35. The standard InChI is InChI=1S/C11H22N2O2/c1-8(14)15-9-6-10(2,3)13(5)11(4,12)7-9/h9H,6-7,12H2,1-5H3. The summed E-state index contributed by atoms with van der Waals surface area (Å²) in [5.74, 6) is -0.226. The van der Waals surface area contributed by atoms with Crippen LogP contribution in [-0.4, -0.2) is 35.2 Å². The minimum absolute atomic E-state index is 0.0398. The van der Waals surface area contributed by atoms with Gasteiger partial charge >= 0.3 is 5.97 Å². The lowest BCUT2D eigenvalue weighted by Crippen LogP contribution is -2.65. The first-order chi connectivity index (χ1) is 6.65. The molecule has 4 heteroatoms. The highest BCUT2D eigenvalue weighted by molar-refractivity contribution is 5.66. The summed E-state index contributed by atoms with van der Waals surface area (Å²) in [6.45, 7) is 7.66. The second-order valence-electron chi connectivity index (χ2n) is 5.37. The van der Waals surface area contributed by atoms with Crippen molar-refractivity contribution < 1.29 is 9.53 Å². The van der Waals surface area contributed by atoms with Crippen molar-refractivity contribution in [3.05, 3.63) is 0 Å². The number of nitrogens with two attached hydrogens (primary N) is 1. The molecule has 2 unspecified atom stereocenters. The highest BCUT2D eigenvalue weighted by Gasteiger charge is 2.44. The van der Waals surface area contributed by atoms with E-state index in [2.05, 4.69) is 18.7 Å². The minimum Gasteiger partial charge on any atom is -0.462 e. The van der Waals surface area contributed by atoms with Crippen molar-refractivity contribution >= 4 is 5.97 Å². The van der Waals surface area contributed by atoms with Gasteiger partial charge in [-0.15, -0.1) is 0 Å². The molecule has 1 aliphatic heterocycles. The normalized spacial score (nSPS) is 36.3. The van der Waals surface area contributed by atoms with Gasteiger partial charge in [0.1, 0.15) is 6.10 Å². The Morgan fingerprint density at radius 1 is 1.40 bits per heavy atom. The molecule has 0 aromatic heterocycles. The molecular formula is C11H22N2O2. The molecule has 1 fully saturated rings. The van der Waals surface area contributed by atoms with E-state index in [1.165, 1.54) is 6.92 Å². The number of hydrogen-bond donors (Lipinski definition) is 1. The molecule has 0 aromatic carbocycles. The van der Waals surface area contributed by atoms with E-state index < -0.39 is 5.66 Å². The van der Waals surface area contributed by atoms with Crippen LogP contribution in [0.5, 0.6) is 0 Å². The molecular weight excluding hydrogens is 192 g/mol. The maximum atomic E-state index is 10.9. The van der Waals surface area contributed by atoms with Crippen LogP contribution in [0.3, 0.4) is 0 Å². The quantitative estimate of drug-likeness (QED) is 0.664. The Morgan fingerprint density at radius 2 is 1.93 bits per heavy atom. The molecule has 1 heterocycles. The van der Waals surface area contributed by atoms with Crippen LogP contribution in [0.15, 0.2) is 0 Å². The summed E-state index contributed by atoms with van der Waals surface area (Å²) < 4.78 is 5.27. The number of ether oxygens (including phenoxy) is 1. The monoisotopic (exact) mass is 214 g/mol. The van der Waals surface area contributed by atoms with Crippen LogP contribution in [0.4, 0.5) is 0 Å². The van der Waals surface area contributed by atoms with Crippen LogP contribution in [-0.2, 0) is 9.53 Å². The van der Waals surface area contributed by atoms with Crippen molar-refractivity contribution in [2.75, 3.05) is 7.05 Å². The summed E-state index contributed by atoms with van der Waals surface area (Å²) >= 11 is 0. The number of carbonyl (C=O) groups excluding carboxylic acids is 1. The maximum absolute atomic E-state index is 10.9. The second-order valence-corrected chi connectivity index (χ2v) is 5.37. The zero-order valence-corrected chi connectivity index (χ0v) is 10.3. The van der Waals surface area contributed by atoms with Gasteiger partial charge in [-0.25, -0.2) is 0 Å². The number of nitrogens with zero attached hydrogens (tertiary/aromatic N) is 1. The van der Waals surface area contributed by atoms with Gasteiger partial charge in [0.2, 0.25) is 0 Å². The summed E-state index contributed by atoms with van der Waals surface area (Å²) in [5.41, 5.74) is 5.74.